The lowest BCUT2D eigenvalue weighted by molar-refractivity contribution is 0.0697. The SMILES string of the molecule is O=C(NCOc1ccccc1)NCc1ccc(C(=O)O)cc1. The molecule has 2 aromatic carbocycles. The van der Waals surface area contributed by atoms with Gasteiger partial charge in [0.15, 0.2) is 6.73 Å². The summed E-state index contributed by atoms with van der Waals surface area (Å²) < 4.78 is 5.33. The summed E-state index contributed by atoms with van der Waals surface area (Å²) in [6.45, 7) is 0.366. The summed E-state index contributed by atoms with van der Waals surface area (Å²) in [4.78, 5) is 22.3. The number of carboxylic acid groups (broad SMARTS) is 1. The zero-order valence-electron chi connectivity index (χ0n) is 11.8. The van der Waals surface area contributed by atoms with Crippen molar-refractivity contribution in [2.75, 3.05) is 6.73 Å². The van der Waals surface area contributed by atoms with Crippen LogP contribution in [0.15, 0.2) is 54.6 Å². The Labute approximate surface area is 127 Å². The second-order valence-corrected chi connectivity index (χ2v) is 4.46. The molecule has 2 rings (SSSR count). The van der Waals surface area contributed by atoms with Gasteiger partial charge in [0.2, 0.25) is 0 Å². The molecule has 0 saturated heterocycles. The molecule has 0 unspecified atom stereocenters. The first-order chi connectivity index (χ1) is 10.6. The molecule has 0 aliphatic heterocycles. The standard InChI is InChI=1S/C16H16N2O4/c19-15(20)13-8-6-12(7-9-13)10-17-16(21)18-11-22-14-4-2-1-3-5-14/h1-9H,10-11H2,(H,19,20)(H2,17,18,21). The molecule has 6 heteroatoms. The molecular formula is C16H16N2O4. The number of carbonyl (C=O) groups excluding carboxylic acids is 1. The van der Waals surface area contributed by atoms with Gasteiger partial charge in [-0.1, -0.05) is 30.3 Å². The zero-order chi connectivity index (χ0) is 15.8. The molecule has 0 saturated carbocycles. The molecule has 0 heterocycles. The number of carbonyl (C=O) groups is 2. The predicted octanol–water partition coefficient (Wildman–Crippen LogP) is 2.22. The summed E-state index contributed by atoms with van der Waals surface area (Å²) in [5.74, 6) is -0.303. The van der Waals surface area contributed by atoms with Crippen molar-refractivity contribution in [3.63, 3.8) is 0 Å². The van der Waals surface area contributed by atoms with Crippen LogP contribution in [0.4, 0.5) is 4.79 Å². The number of hydrogen-bond acceptors (Lipinski definition) is 3. The lowest BCUT2D eigenvalue weighted by atomic mass is 10.1. The van der Waals surface area contributed by atoms with Crippen molar-refractivity contribution >= 4 is 12.0 Å². The molecule has 2 amide bonds. The molecule has 0 fully saturated rings. The van der Waals surface area contributed by atoms with E-state index in [1.54, 1.807) is 24.3 Å². The molecule has 0 aliphatic carbocycles. The van der Waals surface area contributed by atoms with Crippen molar-refractivity contribution in [3.05, 3.63) is 65.7 Å². The smallest absolute Gasteiger partial charge is 0.335 e. The van der Waals surface area contributed by atoms with E-state index >= 15 is 0 Å². The van der Waals surface area contributed by atoms with E-state index in [0.717, 1.165) is 5.56 Å². The predicted molar refractivity (Wildman–Crippen MR) is 80.7 cm³/mol. The van der Waals surface area contributed by atoms with Crippen LogP contribution in [0.5, 0.6) is 5.75 Å². The monoisotopic (exact) mass is 300 g/mol. The third-order valence-corrected chi connectivity index (χ3v) is 2.87. The Morgan fingerprint density at radius 3 is 2.27 bits per heavy atom. The van der Waals surface area contributed by atoms with E-state index in [1.165, 1.54) is 12.1 Å². The van der Waals surface area contributed by atoms with Gasteiger partial charge in [0.25, 0.3) is 0 Å². The first-order valence-electron chi connectivity index (χ1n) is 6.67. The van der Waals surface area contributed by atoms with Crippen LogP contribution in [-0.4, -0.2) is 23.8 Å². The molecular weight excluding hydrogens is 284 g/mol. The number of para-hydroxylation sites is 1. The van der Waals surface area contributed by atoms with Gasteiger partial charge < -0.3 is 20.5 Å². The lowest BCUT2D eigenvalue weighted by Crippen LogP contribution is -2.37. The highest BCUT2D eigenvalue weighted by Crippen LogP contribution is 2.07. The van der Waals surface area contributed by atoms with E-state index < -0.39 is 5.97 Å². The molecule has 2 aromatic rings. The fraction of sp³-hybridized carbons (Fsp3) is 0.125. The first kappa shape index (κ1) is 15.4. The highest BCUT2D eigenvalue weighted by Gasteiger charge is 2.03. The van der Waals surface area contributed by atoms with Gasteiger partial charge in [-0.2, -0.15) is 0 Å². The highest BCUT2D eigenvalue weighted by molar-refractivity contribution is 5.87. The number of hydrogen-bond donors (Lipinski definition) is 3. The van der Waals surface area contributed by atoms with Crippen LogP contribution in [0.2, 0.25) is 0 Å². The van der Waals surface area contributed by atoms with Crippen molar-refractivity contribution < 1.29 is 19.4 Å². The van der Waals surface area contributed by atoms with Crippen LogP contribution >= 0.6 is 0 Å². The normalized spacial score (nSPS) is 9.82. The second-order valence-electron chi connectivity index (χ2n) is 4.46. The summed E-state index contributed by atoms with van der Waals surface area (Å²) >= 11 is 0. The Bertz CT molecular complexity index is 626. The van der Waals surface area contributed by atoms with Crippen LogP contribution < -0.4 is 15.4 Å². The van der Waals surface area contributed by atoms with E-state index in [0.29, 0.717) is 12.3 Å². The Balaban J connectivity index is 1.70. The van der Waals surface area contributed by atoms with Gasteiger partial charge in [0.1, 0.15) is 5.75 Å². The minimum Gasteiger partial charge on any atom is -0.478 e. The lowest BCUT2D eigenvalue weighted by Gasteiger charge is -2.09. The van der Waals surface area contributed by atoms with Gasteiger partial charge in [0, 0.05) is 6.54 Å². The molecule has 22 heavy (non-hydrogen) atoms. The first-order valence-corrected chi connectivity index (χ1v) is 6.67. The number of aromatic carboxylic acids is 1. The van der Waals surface area contributed by atoms with Crippen molar-refractivity contribution in [1.82, 2.24) is 10.6 Å². The average Bonchev–Trinajstić information content (AvgIpc) is 2.54. The van der Waals surface area contributed by atoms with Crippen LogP contribution in [0.3, 0.4) is 0 Å². The van der Waals surface area contributed by atoms with Crippen molar-refractivity contribution in [3.8, 4) is 5.75 Å². The van der Waals surface area contributed by atoms with Crippen molar-refractivity contribution in [2.45, 2.75) is 6.54 Å². The number of carboxylic acids is 1. The van der Waals surface area contributed by atoms with Crippen molar-refractivity contribution in [2.24, 2.45) is 0 Å². The minimum absolute atomic E-state index is 0.0633. The fourth-order valence-corrected chi connectivity index (χ4v) is 1.71. The quantitative estimate of drug-likeness (QED) is 0.714. The zero-order valence-corrected chi connectivity index (χ0v) is 11.8. The van der Waals surface area contributed by atoms with E-state index in [9.17, 15) is 9.59 Å². The fourth-order valence-electron chi connectivity index (χ4n) is 1.71. The summed E-state index contributed by atoms with van der Waals surface area (Å²) in [6, 6.07) is 15.1. The maximum atomic E-state index is 11.6. The molecule has 0 aliphatic rings. The number of amides is 2. The topological polar surface area (TPSA) is 87.7 Å². The summed E-state index contributed by atoms with van der Waals surface area (Å²) in [5, 5.41) is 14.0. The summed E-state index contributed by atoms with van der Waals surface area (Å²) in [6.07, 6.45) is 0. The molecule has 0 atom stereocenters. The van der Waals surface area contributed by atoms with Crippen molar-refractivity contribution in [1.29, 1.82) is 0 Å². The summed E-state index contributed by atoms with van der Waals surface area (Å²) in [5.41, 5.74) is 1.02. The molecule has 114 valence electrons. The number of urea groups is 1. The Kier molecular flexibility index (Phi) is 5.37. The van der Waals surface area contributed by atoms with Crippen LogP contribution in [-0.2, 0) is 6.54 Å². The van der Waals surface area contributed by atoms with Gasteiger partial charge in [0.05, 0.1) is 5.56 Å². The largest absolute Gasteiger partial charge is 0.478 e. The van der Waals surface area contributed by atoms with Gasteiger partial charge in [-0.25, -0.2) is 9.59 Å². The minimum atomic E-state index is -0.977. The molecule has 3 N–H and O–H groups in total. The summed E-state index contributed by atoms with van der Waals surface area (Å²) in [7, 11) is 0. The number of rotatable bonds is 6. The van der Waals surface area contributed by atoms with Crippen LogP contribution in [0.1, 0.15) is 15.9 Å². The number of ether oxygens (including phenoxy) is 1. The molecule has 6 nitrogen and oxygen atoms in total. The van der Waals surface area contributed by atoms with Crippen LogP contribution in [0, 0.1) is 0 Å². The maximum absolute atomic E-state index is 11.6. The third kappa shape index (κ3) is 4.82. The van der Waals surface area contributed by atoms with E-state index in [4.69, 9.17) is 9.84 Å². The molecule has 0 bridgehead atoms. The van der Waals surface area contributed by atoms with Gasteiger partial charge in [-0.15, -0.1) is 0 Å². The van der Waals surface area contributed by atoms with Gasteiger partial charge in [-0.05, 0) is 29.8 Å². The van der Waals surface area contributed by atoms with Gasteiger partial charge in [-0.3, -0.25) is 0 Å². The van der Waals surface area contributed by atoms with Crippen LogP contribution in [0.25, 0.3) is 0 Å². The molecule has 0 radical (unpaired) electrons. The van der Waals surface area contributed by atoms with E-state index in [-0.39, 0.29) is 18.3 Å². The van der Waals surface area contributed by atoms with E-state index in [1.807, 2.05) is 18.2 Å². The second kappa shape index (κ2) is 7.68. The molecule has 0 aromatic heterocycles. The maximum Gasteiger partial charge on any atom is 0.335 e. The van der Waals surface area contributed by atoms with E-state index in [2.05, 4.69) is 10.6 Å². The molecule has 0 spiro atoms. The average molecular weight is 300 g/mol. The number of nitrogens with one attached hydrogen (secondary N) is 2. The Morgan fingerprint density at radius 2 is 1.64 bits per heavy atom. The number of benzene rings is 2. The Hall–Kier alpha value is -3.02. The van der Waals surface area contributed by atoms with Gasteiger partial charge >= 0.3 is 12.0 Å². The Morgan fingerprint density at radius 1 is 0.955 bits per heavy atom. The third-order valence-electron chi connectivity index (χ3n) is 2.87. The highest BCUT2D eigenvalue weighted by atomic mass is 16.5.